The Bertz CT molecular complexity index is 1230. The van der Waals surface area contributed by atoms with Gasteiger partial charge in [-0.15, -0.1) is 0 Å². The number of carbonyl (C=O) groups is 2. The third-order valence-electron chi connectivity index (χ3n) is 16.6. The van der Waals surface area contributed by atoms with Gasteiger partial charge in [-0.05, 0) is 12.8 Å². The van der Waals surface area contributed by atoms with Crippen molar-refractivity contribution in [1.29, 1.82) is 0 Å². The van der Waals surface area contributed by atoms with Crippen molar-refractivity contribution in [3.05, 3.63) is 0 Å². The maximum Gasteiger partial charge on any atom is 0.469 e. The topological polar surface area (TPSA) is 119 Å². The Morgan fingerprint density at radius 2 is 0.462 bits per heavy atom. The summed E-state index contributed by atoms with van der Waals surface area (Å²) in [4.78, 5) is 43.4. The molecular formula is C69H137O8P. The van der Waals surface area contributed by atoms with Crippen molar-refractivity contribution in [1.82, 2.24) is 0 Å². The van der Waals surface area contributed by atoms with Gasteiger partial charge in [0.25, 0.3) is 0 Å². The molecule has 9 heteroatoms. The molecule has 8 nitrogen and oxygen atoms in total. The van der Waals surface area contributed by atoms with Crippen molar-refractivity contribution in [3.8, 4) is 0 Å². The second kappa shape index (κ2) is 65.2. The average Bonchev–Trinajstić information content (AvgIpc) is 3.42. The van der Waals surface area contributed by atoms with Crippen LogP contribution in [-0.2, 0) is 28.2 Å². The fourth-order valence-corrected chi connectivity index (χ4v) is 11.7. The fourth-order valence-electron chi connectivity index (χ4n) is 11.4. The van der Waals surface area contributed by atoms with E-state index in [4.69, 9.17) is 9.47 Å². The number of hydrogen-bond donors (Lipinski definition) is 2. The molecule has 0 aromatic rings. The van der Waals surface area contributed by atoms with Crippen LogP contribution < -0.4 is 0 Å². The molecule has 0 saturated heterocycles. The van der Waals surface area contributed by atoms with Gasteiger partial charge >= 0.3 is 19.8 Å². The van der Waals surface area contributed by atoms with Crippen LogP contribution in [-0.4, -0.2) is 41.0 Å². The van der Waals surface area contributed by atoms with Crippen molar-refractivity contribution in [2.24, 2.45) is 0 Å². The first kappa shape index (κ1) is 77.0. The maximum atomic E-state index is 12.6. The van der Waals surface area contributed by atoms with Crippen molar-refractivity contribution < 1.29 is 37.9 Å². The molecule has 2 N–H and O–H groups in total. The zero-order valence-corrected chi connectivity index (χ0v) is 53.5. The van der Waals surface area contributed by atoms with Crippen LogP contribution in [0.5, 0.6) is 0 Å². The van der Waals surface area contributed by atoms with Crippen LogP contribution >= 0.6 is 7.82 Å². The van der Waals surface area contributed by atoms with Gasteiger partial charge in [0.2, 0.25) is 0 Å². The van der Waals surface area contributed by atoms with E-state index in [2.05, 4.69) is 18.4 Å². The van der Waals surface area contributed by atoms with E-state index in [0.29, 0.717) is 6.42 Å². The summed E-state index contributed by atoms with van der Waals surface area (Å²) in [6.45, 7) is 3.79. The summed E-state index contributed by atoms with van der Waals surface area (Å²) < 4.78 is 26.8. The molecule has 0 amide bonds. The average molecular weight is 1130 g/mol. The lowest BCUT2D eigenvalue weighted by molar-refractivity contribution is -0.161. The molecule has 0 radical (unpaired) electrons. The van der Waals surface area contributed by atoms with Crippen LogP contribution in [0.4, 0.5) is 0 Å². The highest BCUT2D eigenvalue weighted by atomic mass is 31.2. The van der Waals surface area contributed by atoms with Crippen molar-refractivity contribution in [2.75, 3.05) is 13.2 Å². The molecule has 0 aromatic carbocycles. The molecule has 78 heavy (non-hydrogen) atoms. The van der Waals surface area contributed by atoms with Gasteiger partial charge in [-0.2, -0.15) is 0 Å². The Labute approximate surface area is 486 Å². The van der Waals surface area contributed by atoms with Gasteiger partial charge in [0.15, 0.2) is 6.10 Å². The molecular weight excluding hydrogens is 988 g/mol. The van der Waals surface area contributed by atoms with Crippen LogP contribution in [0.15, 0.2) is 0 Å². The summed E-state index contributed by atoms with van der Waals surface area (Å²) in [5.41, 5.74) is 0. The Balaban J connectivity index is 3.61. The first-order chi connectivity index (χ1) is 38.3. The van der Waals surface area contributed by atoms with E-state index >= 15 is 0 Å². The summed E-state index contributed by atoms with van der Waals surface area (Å²) in [6, 6.07) is 0. The molecule has 0 aliphatic rings. The highest BCUT2D eigenvalue weighted by molar-refractivity contribution is 7.46. The van der Waals surface area contributed by atoms with Gasteiger partial charge in [-0.25, -0.2) is 4.57 Å². The predicted molar refractivity (Wildman–Crippen MR) is 336 cm³/mol. The number of phosphoric ester groups is 1. The molecule has 0 aliphatic heterocycles. The molecule has 0 rings (SSSR count). The van der Waals surface area contributed by atoms with E-state index < -0.39 is 32.5 Å². The van der Waals surface area contributed by atoms with Crippen LogP contribution in [0.1, 0.15) is 412 Å². The van der Waals surface area contributed by atoms with Crippen molar-refractivity contribution >= 4 is 19.8 Å². The summed E-state index contributed by atoms with van der Waals surface area (Å²) in [5.74, 6) is -0.852. The van der Waals surface area contributed by atoms with E-state index in [1.54, 1.807) is 0 Å². The molecule has 466 valence electrons. The fraction of sp³-hybridized carbons (Fsp3) is 0.971. The van der Waals surface area contributed by atoms with Gasteiger partial charge in [-0.1, -0.05) is 386 Å². The largest absolute Gasteiger partial charge is 0.469 e. The van der Waals surface area contributed by atoms with E-state index in [1.807, 2.05) is 0 Å². The number of phosphoric acid groups is 1. The number of carbonyl (C=O) groups excluding carboxylic acids is 2. The molecule has 0 aliphatic carbocycles. The second-order valence-electron chi connectivity index (χ2n) is 24.6. The Hall–Kier alpha value is -0.950. The number of esters is 2. The smallest absolute Gasteiger partial charge is 0.462 e. The third kappa shape index (κ3) is 67.6. The van der Waals surface area contributed by atoms with Gasteiger partial charge in [0.05, 0.1) is 6.61 Å². The van der Waals surface area contributed by atoms with Crippen LogP contribution in [0.2, 0.25) is 0 Å². The molecule has 0 spiro atoms. The minimum absolute atomic E-state index is 0.222. The van der Waals surface area contributed by atoms with Gasteiger partial charge in [0.1, 0.15) is 6.61 Å². The van der Waals surface area contributed by atoms with E-state index in [0.717, 1.165) is 32.1 Å². The molecule has 0 aromatic heterocycles. The Kier molecular flexibility index (Phi) is 64.4. The van der Waals surface area contributed by atoms with E-state index in [-0.39, 0.29) is 19.4 Å². The highest BCUT2D eigenvalue weighted by Gasteiger charge is 2.23. The maximum absolute atomic E-state index is 12.6. The SMILES string of the molecule is CCCCCCCCCCCCCCCCCCCCCCCCCCCCCCCCC(=O)OC[C@H](COP(=O)(O)O)OC(=O)CCCCCCCCCCCCCCCCCCCCCCCCCCCCCCCC. The molecule has 0 unspecified atom stereocenters. The number of ether oxygens (including phenoxy) is 2. The minimum Gasteiger partial charge on any atom is -0.462 e. The minimum atomic E-state index is -4.76. The Morgan fingerprint density at radius 3 is 0.654 bits per heavy atom. The van der Waals surface area contributed by atoms with E-state index in [1.165, 1.54) is 347 Å². The summed E-state index contributed by atoms with van der Waals surface area (Å²) in [7, 11) is -4.76. The first-order valence-corrected chi connectivity index (χ1v) is 36.9. The quantitative estimate of drug-likeness (QED) is 0.0351. The third-order valence-corrected chi connectivity index (χ3v) is 17.1. The molecule has 0 heterocycles. The summed E-state index contributed by atoms with van der Waals surface area (Å²) in [5, 5.41) is 0. The van der Waals surface area contributed by atoms with Gasteiger partial charge in [0, 0.05) is 12.8 Å². The Morgan fingerprint density at radius 1 is 0.282 bits per heavy atom. The summed E-state index contributed by atoms with van der Waals surface area (Å²) >= 11 is 0. The van der Waals surface area contributed by atoms with Crippen LogP contribution in [0.3, 0.4) is 0 Å². The lowest BCUT2D eigenvalue weighted by atomic mass is 10.0. The molecule has 0 bridgehead atoms. The lowest BCUT2D eigenvalue weighted by Crippen LogP contribution is -2.29. The van der Waals surface area contributed by atoms with Crippen LogP contribution in [0.25, 0.3) is 0 Å². The number of hydrogen-bond acceptors (Lipinski definition) is 6. The second-order valence-corrected chi connectivity index (χ2v) is 25.8. The van der Waals surface area contributed by atoms with Crippen LogP contribution in [0, 0.1) is 0 Å². The molecule has 1 atom stereocenters. The van der Waals surface area contributed by atoms with Crippen molar-refractivity contribution in [3.63, 3.8) is 0 Å². The summed E-state index contributed by atoms with van der Waals surface area (Å²) in [6.07, 6.45) is 80.6. The van der Waals surface area contributed by atoms with E-state index in [9.17, 15) is 23.9 Å². The van der Waals surface area contributed by atoms with Crippen molar-refractivity contribution in [2.45, 2.75) is 418 Å². The standard InChI is InChI=1S/C69H137O8P/c1-3-5-7-9-11-13-15-17-19-21-23-25-27-29-31-33-35-37-39-41-43-45-47-49-51-53-55-57-59-61-63-68(70)75-65-67(66-76-78(72,73)74)77-69(71)64-62-60-58-56-54-52-50-48-46-44-42-40-38-36-34-32-30-28-26-24-22-20-18-16-14-12-10-8-6-4-2/h67H,3-66H2,1-2H3,(H2,72,73,74)/t67-/m1/s1. The lowest BCUT2D eigenvalue weighted by Gasteiger charge is -2.18. The monoisotopic (exact) mass is 1130 g/mol. The normalized spacial score (nSPS) is 12.2. The molecule has 0 fully saturated rings. The first-order valence-electron chi connectivity index (χ1n) is 35.3. The zero-order valence-electron chi connectivity index (χ0n) is 52.6. The van der Waals surface area contributed by atoms with Gasteiger partial charge < -0.3 is 19.3 Å². The van der Waals surface area contributed by atoms with Gasteiger partial charge in [-0.3, -0.25) is 14.1 Å². The number of unbranched alkanes of at least 4 members (excludes halogenated alkanes) is 58. The molecule has 0 saturated carbocycles. The predicted octanol–water partition coefficient (Wildman–Crippen LogP) is 23.8. The number of rotatable bonds is 68. The highest BCUT2D eigenvalue weighted by Crippen LogP contribution is 2.36. The zero-order chi connectivity index (χ0) is 56.6.